The Morgan fingerprint density at radius 2 is 2.11 bits per heavy atom. The van der Waals surface area contributed by atoms with Crippen LogP contribution in [0, 0.1) is 0 Å². The third-order valence-corrected chi connectivity index (χ3v) is 4.72. The number of fused-ring (bicyclic) bond motifs is 1. The predicted octanol–water partition coefficient (Wildman–Crippen LogP) is 3.55. The van der Waals surface area contributed by atoms with Crippen LogP contribution in [0.15, 0.2) is 48.8 Å². The molecule has 1 aliphatic rings. The highest BCUT2D eigenvalue weighted by molar-refractivity contribution is 5.91. The average Bonchev–Trinajstić information content (AvgIpc) is 3.46. The van der Waals surface area contributed by atoms with Gasteiger partial charge in [-0.25, -0.2) is 9.78 Å². The lowest BCUT2D eigenvalue weighted by Gasteiger charge is -2.23. The zero-order valence-electron chi connectivity index (χ0n) is 15.4. The molecular weight excluding hydrogens is 344 g/mol. The highest BCUT2D eigenvalue weighted by atomic mass is 16.5. The summed E-state index contributed by atoms with van der Waals surface area (Å²) in [7, 11) is 3.17. The minimum absolute atomic E-state index is 0.146. The summed E-state index contributed by atoms with van der Waals surface area (Å²) in [6.07, 6.45) is 5.83. The Kier molecular flexibility index (Phi) is 4.58. The molecule has 0 atom stereocenters. The van der Waals surface area contributed by atoms with Crippen molar-refractivity contribution in [3.8, 4) is 11.5 Å². The minimum atomic E-state index is -0.146. The third kappa shape index (κ3) is 3.53. The number of benzene rings is 1. The van der Waals surface area contributed by atoms with E-state index in [1.54, 1.807) is 32.4 Å². The second kappa shape index (κ2) is 7.19. The molecule has 1 aromatic carbocycles. The lowest BCUT2D eigenvalue weighted by Crippen LogP contribution is -2.36. The molecule has 7 heteroatoms. The number of hydrogen-bond donors (Lipinski definition) is 1. The number of anilines is 1. The highest BCUT2D eigenvalue weighted by Crippen LogP contribution is 2.32. The molecule has 1 saturated carbocycles. The maximum absolute atomic E-state index is 13.0. The molecule has 140 valence electrons. The van der Waals surface area contributed by atoms with Gasteiger partial charge in [0.2, 0.25) is 0 Å². The van der Waals surface area contributed by atoms with Gasteiger partial charge >= 0.3 is 6.03 Å². The van der Waals surface area contributed by atoms with Crippen molar-refractivity contribution in [3.63, 3.8) is 0 Å². The number of carbonyl (C=O) groups is 1. The second-order valence-corrected chi connectivity index (χ2v) is 6.53. The SMILES string of the molecule is COc1ccc(NC(=O)N(Cc2cnc3ccccn23)C2CC2)c(OC)c1. The van der Waals surface area contributed by atoms with E-state index in [2.05, 4.69) is 10.3 Å². The van der Waals surface area contributed by atoms with Gasteiger partial charge in [-0.3, -0.25) is 0 Å². The molecule has 7 nitrogen and oxygen atoms in total. The van der Waals surface area contributed by atoms with Gasteiger partial charge in [-0.1, -0.05) is 6.07 Å². The molecule has 1 N–H and O–H groups in total. The zero-order valence-corrected chi connectivity index (χ0v) is 15.4. The number of amides is 2. The van der Waals surface area contributed by atoms with Gasteiger partial charge in [0.05, 0.1) is 38.3 Å². The number of rotatable bonds is 6. The van der Waals surface area contributed by atoms with Gasteiger partial charge in [-0.05, 0) is 37.1 Å². The number of imidazole rings is 1. The largest absolute Gasteiger partial charge is 0.497 e. The molecule has 27 heavy (non-hydrogen) atoms. The summed E-state index contributed by atoms with van der Waals surface area (Å²) in [5.41, 5.74) is 2.47. The number of carbonyl (C=O) groups excluding carboxylic acids is 1. The van der Waals surface area contributed by atoms with Crippen molar-refractivity contribution in [2.75, 3.05) is 19.5 Å². The first-order valence-electron chi connectivity index (χ1n) is 8.90. The number of pyridine rings is 1. The monoisotopic (exact) mass is 366 g/mol. The fourth-order valence-electron chi connectivity index (χ4n) is 3.12. The van der Waals surface area contributed by atoms with Crippen LogP contribution < -0.4 is 14.8 Å². The highest BCUT2D eigenvalue weighted by Gasteiger charge is 2.33. The summed E-state index contributed by atoms with van der Waals surface area (Å²) in [5, 5.41) is 2.97. The smallest absolute Gasteiger partial charge is 0.322 e. The zero-order chi connectivity index (χ0) is 18.8. The van der Waals surface area contributed by atoms with Gasteiger partial charge < -0.3 is 24.1 Å². The molecule has 2 amide bonds. The van der Waals surface area contributed by atoms with Crippen molar-refractivity contribution < 1.29 is 14.3 Å². The van der Waals surface area contributed by atoms with Crippen molar-refractivity contribution in [2.45, 2.75) is 25.4 Å². The number of aromatic nitrogens is 2. The van der Waals surface area contributed by atoms with Crippen molar-refractivity contribution in [2.24, 2.45) is 0 Å². The van der Waals surface area contributed by atoms with Crippen molar-refractivity contribution in [1.29, 1.82) is 0 Å². The van der Waals surface area contributed by atoms with E-state index in [0.717, 1.165) is 24.2 Å². The summed E-state index contributed by atoms with van der Waals surface area (Å²) in [6, 6.07) is 11.3. The number of nitrogens with one attached hydrogen (secondary N) is 1. The van der Waals surface area contributed by atoms with Crippen molar-refractivity contribution >= 4 is 17.4 Å². The Bertz CT molecular complexity index is 965. The molecule has 3 aromatic rings. The molecule has 2 heterocycles. The third-order valence-electron chi connectivity index (χ3n) is 4.72. The Balaban J connectivity index is 1.55. The van der Waals surface area contributed by atoms with Crippen molar-refractivity contribution in [3.05, 3.63) is 54.5 Å². The van der Waals surface area contributed by atoms with Crippen LogP contribution in [0.2, 0.25) is 0 Å². The van der Waals surface area contributed by atoms with Crippen LogP contribution >= 0.6 is 0 Å². The summed E-state index contributed by atoms with van der Waals surface area (Å²) in [6.45, 7) is 0.500. The number of urea groups is 1. The van der Waals surface area contributed by atoms with Gasteiger partial charge in [0.1, 0.15) is 17.1 Å². The Labute approximate surface area is 157 Å². The molecule has 2 aromatic heterocycles. The van der Waals surface area contributed by atoms with E-state index in [0.29, 0.717) is 23.7 Å². The maximum Gasteiger partial charge on any atom is 0.322 e. The lowest BCUT2D eigenvalue weighted by molar-refractivity contribution is 0.205. The van der Waals surface area contributed by atoms with E-state index in [4.69, 9.17) is 9.47 Å². The van der Waals surface area contributed by atoms with Gasteiger partial charge in [0.15, 0.2) is 0 Å². The first kappa shape index (κ1) is 17.2. The second-order valence-electron chi connectivity index (χ2n) is 6.53. The van der Waals surface area contributed by atoms with Crippen LogP contribution in [0.4, 0.5) is 10.5 Å². The van der Waals surface area contributed by atoms with Gasteiger partial charge in [-0.2, -0.15) is 0 Å². The van der Waals surface area contributed by atoms with Crippen LogP contribution in [0.1, 0.15) is 18.5 Å². The van der Waals surface area contributed by atoms with Crippen LogP contribution in [0.5, 0.6) is 11.5 Å². The fourth-order valence-corrected chi connectivity index (χ4v) is 3.12. The van der Waals surface area contributed by atoms with Crippen molar-refractivity contribution in [1.82, 2.24) is 14.3 Å². The van der Waals surface area contributed by atoms with E-state index in [-0.39, 0.29) is 12.1 Å². The minimum Gasteiger partial charge on any atom is -0.497 e. The molecule has 1 aliphatic carbocycles. The number of ether oxygens (including phenoxy) is 2. The first-order chi connectivity index (χ1) is 13.2. The number of methoxy groups -OCH3 is 2. The van der Waals surface area contributed by atoms with E-state index in [1.807, 2.05) is 39.9 Å². The summed E-state index contributed by atoms with van der Waals surface area (Å²) >= 11 is 0. The normalized spacial score (nSPS) is 13.4. The van der Waals surface area contributed by atoms with E-state index >= 15 is 0 Å². The number of nitrogens with zero attached hydrogens (tertiary/aromatic N) is 3. The van der Waals surface area contributed by atoms with Gasteiger partial charge in [0.25, 0.3) is 0 Å². The first-order valence-corrected chi connectivity index (χ1v) is 8.90. The summed E-state index contributed by atoms with van der Waals surface area (Å²) in [4.78, 5) is 19.3. The quantitative estimate of drug-likeness (QED) is 0.724. The van der Waals surface area contributed by atoms with E-state index in [9.17, 15) is 4.79 Å². The molecule has 0 unspecified atom stereocenters. The lowest BCUT2D eigenvalue weighted by atomic mass is 10.2. The van der Waals surface area contributed by atoms with Gasteiger partial charge in [-0.15, -0.1) is 0 Å². The summed E-state index contributed by atoms with van der Waals surface area (Å²) < 4.78 is 12.6. The fraction of sp³-hybridized carbons (Fsp3) is 0.300. The van der Waals surface area contributed by atoms with E-state index < -0.39 is 0 Å². The summed E-state index contributed by atoms with van der Waals surface area (Å²) in [5.74, 6) is 1.24. The average molecular weight is 366 g/mol. The van der Waals surface area contributed by atoms with Crippen LogP contribution in [-0.2, 0) is 6.54 Å². The Morgan fingerprint density at radius 1 is 1.26 bits per heavy atom. The molecule has 4 rings (SSSR count). The topological polar surface area (TPSA) is 68.1 Å². The molecule has 1 fully saturated rings. The van der Waals surface area contributed by atoms with Crippen LogP contribution in [-0.4, -0.2) is 40.6 Å². The van der Waals surface area contributed by atoms with Gasteiger partial charge in [0, 0.05) is 18.3 Å². The molecule has 0 bridgehead atoms. The molecule has 0 saturated heterocycles. The Hall–Kier alpha value is -3.22. The molecule has 0 spiro atoms. The standard InChI is InChI=1S/C20H22N4O3/c1-26-16-8-9-17(18(11-16)27-2)22-20(25)24(14-6-7-14)13-15-12-21-19-5-3-4-10-23(15)19/h3-5,8-12,14H,6-7,13H2,1-2H3,(H,22,25). The van der Waals surface area contributed by atoms with E-state index in [1.165, 1.54) is 0 Å². The Morgan fingerprint density at radius 3 is 2.85 bits per heavy atom. The molecule has 0 aliphatic heterocycles. The van der Waals surface area contributed by atoms with Crippen LogP contribution in [0.3, 0.4) is 0 Å². The maximum atomic E-state index is 13.0. The molecular formula is C20H22N4O3. The number of hydrogen-bond acceptors (Lipinski definition) is 4. The van der Waals surface area contributed by atoms with Crippen LogP contribution in [0.25, 0.3) is 5.65 Å². The predicted molar refractivity (Wildman–Crippen MR) is 102 cm³/mol. The molecule has 0 radical (unpaired) electrons.